The molecule has 1 atom stereocenters. The van der Waals surface area contributed by atoms with Crippen LogP contribution in [-0.4, -0.2) is 46.4 Å². The van der Waals surface area contributed by atoms with E-state index in [1.54, 1.807) is 12.1 Å². The molecular formula is C25H18F2N6O5. The summed E-state index contributed by atoms with van der Waals surface area (Å²) in [6, 6.07) is 7.66. The Morgan fingerprint density at radius 2 is 2.00 bits per heavy atom. The van der Waals surface area contributed by atoms with Crippen molar-refractivity contribution >= 4 is 34.8 Å². The summed E-state index contributed by atoms with van der Waals surface area (Å²) in [5, 5.41) is 4.67. The molecule has 192 valence electrons. The molecule has 2 aliphatic rings. The van der Waals surface area contributed by atoms with Crippen LogP contribution in [0.2, 0.25) is 0 Å². The van der Waals surface area contributed by atoms with Crippen LogP contribution >= 0.6 is 0 Å². The zero-order valence-corrected chi connectivity index (χ0v) is 19.7. The Kier molecular flexibility index (Phi) is 5.05. The van der Waals surface area contributed by atoms with E-state index in [0.29, 0.717) is 11.1 Å². The fourth-order valence-corrected chi connectivity index (χ4v) is 4.72. The predicted octanol–water partition coefficient (Wildman–Crippen LogP) is 2.45. The molecule has 1 saturated heterocycles. The summed E-state index contributed by atoms with van der Waals surface area (Å²) < 4.78 is 40.5. The van der Waals surface area contributed by atoms with Crippen molar-refractivity contribution in [2.45, 2.75) is 12.1 Å². The first-order valence-electron chi connectivity index (χ1n) is 11.3. The van der Waals surface area contributed by atoms with Gasteiger partial charge in [-0.2, -0.15) is 0 Å². The largest absolute Gasteiger partial charge is 0.494 e. The molecule has 11 nitrogen and oxygen atoms in total. The van der Waals surface area contributed by atoms with E-state index in [9.17, 15) is 23.2 Å². The Bertz CT molecular complexity index is 1670. The van der Waals surface area contributed by atoms with Gasteiger partial charge in [-0.3, -0.25) is 14.9 Å². The molecular weight excluding hydrogens is 502 g/mol. The molecule has 13 heteroatoms. The van der Waals surface area contributed by atoms with E-state index in [1.165, 1.54) is 36.4 Å². The summed E-state index contributed by atoms with van der Waals surface area (Å²) >= 11 is 0. The minimum Gasteiger partial charge on any atom is -0.494 e. The monoisotopic (exact) mass is 520 g/mol. The lowest BCUT2D eigenvalue weighted by Crippen LogP contribution is -2.52. The summed E-state index contributed by atoms with van der Waals surface area (Å²) in [5.74, 6) is -2.96. The van der Waals surface area contributed by atoms with Crippen LogP contribution in [0.3, 0.4) is 0 Å². The molecule has 38 heavy (non-hydrogen) atoms. The first-order valence-corrected chi connectivity index (χ1v) is 11.3. The maximum atomic E-state index is 14.9. The van der Waals surface area contributed by atoms with Gasteiger partial charge in [-0.25, -0.2) is 23.5 Å². The number of fused-ring (bicyclic) bond motifs is 2. The van der Waals surface area contributed by atoms with Gasteiger partial charge < -0.3 is 25.1 Å². The van der Waals surface area contributed by atoms with E-state index in [4.69, 9.17) is 14.9 Å². The van der Waals surface area contributed by atoms with E-state index in [1.807, 2.05) is 0 Å². The van der Waals surface area contributed by atoms with Crippen molar-refractivity contribution in [1.82, 2.24) is 25.5 Å². The summed E-state index contributed by atoms with van der Waals surface area (Å²) in [5.41, 5.74) is 4.46. The number of nitrogens with two attached hydrogens (primary N) is 1. The van der Waals surface area contributed by atoms with Crippen molar-refractivity contribution in [2.75, 3.05) is 19.4 Å². The number of nitrogens with zero attached hydrogens (tertiary/aromatic N) is 3. The van der Waals surface area contributed by atoms with Crippen LogP contribution in [0.4, 0.5) is 19.4 Å². The van der Waals surface area contributed by atoms with Crippen molar-refractivity contribution in [3.05, 3.63) is 71.1 Å². The van der Waals surface area contributed by atoms with Crippen LogP contribution in [0.25, 0.3) is 22.4 Å². The minimum atomic E-state index is -1.88. The SMILES string of the molecule is COc1ccc2c(c1F)C(=O)N(C[C@@]1(c3cc4nc(-c5ccc(N)nc5)c(F)cc4o3)NC(=O)NC1=O)C2. The fraction of sp³-hybridized carbons (Fsp3) is 0.160. The van der Waals surface area contributed by atoms with Crippen molar-refractivity contribution < 1.29 is 32.3 Å². The van der Waals surface area contributed by atoms with Crippen LogP contribution in [0.15, 0.2) is 47.0 Å². The number of pyridine rings is 2. The number of rotatable bonds is 5. The number of nitrogen functional groups attached to an aromatic ring is 1. The number of urea groups is 1. The third-order valence-corrected chi connectivity index (χ3v) is 6.58. The Hall–Kier alpha value is -5.07. The highest BCUT2D eigenvalue weighted by molar-refractivity contribution is 6.08. The van der Waals surface area contributed by atoms with Crippen LogP contribution in [-0.2, 0) is 16.9 Å². The normalized spacial score (nSPS) is 18.6. The Morgan fingerprint density at radius 3 is 2.68 bits per heavy atom. The molecule has 4 amide bonds. The smallest absolute Gasteiger partial charge is 0.322 e. The second-order valence-electron chi connectivity index (χ2n) is 8.88. The number of hydrogen-bond acceptors (Lipinski definition) is 8. The number of benzene rings is 1. The molecule has 6 rings (SSSR count). The van der Waals surface area contributed by atoms with Crippen LogP contribution in [0, 0.1) is 11.6 Å². The molecule has 5 heterocycles. The van der Waals surface area contributed by atoms with Gasteiger partial charge in [-0.15, -0.1) is 0 Å². The summed E-state index contributed by atoms with van der Waals surface area (Å²) in [4.78, 5) is 48.0. The average Bonchev–Trinajstić information content (AvgIpc) is 3.53. The van der Waals surface area contributed by atoms with Crippen molar-refractivity contribution in [3.63, 3.8) is 0 Å². The first kappa shape index (κ1) is 23.3. The number of imide groups is 1. The highest BCUT2D eigenvalue weighted by atomic mass is 19.1. The molecule has 0 bridgehead atoms. The number of methoxy groups -OCH3 is 1. The predicted molar refractivity (Wildman–Crippen MR) is 128 cm³/mol. The number of hydrogen-bond donors (Lipinski definition) is 3. The minimum absolute atomic E-state index is 0.00444. The zero-order chi connectivity index (χ0) is 26.8. The standard InChI is InChI=1S/C25H18F2N6O5/c1-37-15-4-2-12-9-33(22(34)19(12)20(15)27)10-25(23(35)31-24(36)32-25)17-7-14-16(38-17)6-13(26)21(30-14)11-3-5-18(28)29-8-11/h2-8H,9-10H2,1H3,(H2,28,29)(H2,31,32,35,36)/t25-/m0/s1. The number of nitrogens with one attached hydrogen (secondary N) is 2. The lowest BCUT2D eigenvalue weighted by molar-refractivity contribution is -0.125. The second kappa shape index (κ2) is 8.23. The topological polar surface area (TPSA) is 153 Å². The quantitative estimate of drug-likeness (QED) is 0.339. The maximum Gasteiger partial charge on any atom is 0.322 e. The molecule has 3 aromatic heterocycles. The number of ether oxygens (including phenoxy) is 1. The highest BCUT2D eigenvalue weighted by Crippen LogP contribution is 2.37. The van der Waals surface area contributed by atoms with Gasteiger partial charge in [0.15, 0.2) is 28.5 Å². The number of aromatic nitrogens is 2. The van der Waals surface area contributed by atoms with Gasteiger partial charge in [-0.05, 0) is 23.8 Å². The molecule has 0 radical (unpaired) electrons. The average molecular weight is 520 g/mol. The van der Waals surface area contributed by atoms with E-state index < -0.39 is 41.6 Å². The molecule has 4 N–H and O–H groups in total. The summed E-state index contributed by atoms with van der Waals surface area (Å²) in [6.07, 6.45) is 1.37. The van der Waals surface area contributed by atoms with E-state index in [-0.39, 0.29) is 46.2 Å². The number of amides is 4. The molecule has 0 spiro atoms. The molecule has 0 saturated carbocycles. The summed E-state index contributed by atoms with van der Waals surface area (Å²) in [6.45, 7) is -0.418. The van der Waals surface area contributed by atoms with Crippen molar-refractivity contribution in [3.8, 4) is 17.0 Å². The van der Waals surface area contributed by atoms with Crippen LogP contribution in [0.5, 0.6) is 5.75 Å². The van der Waals surface area contributed by atoms with Crippen LogP contribution in [0.1, 0.15) is 21.7 Å². The van der Waals surface area contributed by atoms with E-state index in [0.717, 1.165) is 6.07 Å². The lowest BCUT2D eigenvalue weighted by atomic mass is 9.95. The molecule has 1 aromatic carbocycles. The van der Waals surface area contributed by atoms with Gasteiger partial charge in [0.2, 0.25) is 0 Å². The van der Waals surface area contributed by atoms with Crippen LogP contribution < -0.4 is 21.1 Å². The first-order chi connectivity index (χ1) is 18.2. The molecule has 0 unspecified atom stereocenters. The highest BCUT2D eigenvalue weighted by Gasteiger charge is 2.53. The third-order valence-electron chi connectivity index (χ3n) is 6.58. The third kappa shape index (κ3) is 3.43. The molecule has 0 aliphatic carbocycles. The Morgan fingerprint density at radius 1 is 1.18 bits per heavy atom. The maximum absolute atomic E-state index is 14.9. The van der Waals surface area contributed by atoms with Gasteiger partial charge >= 0.3 is 6.03 Å². The van der Waals surface area contributed by atoms with Gasteiger partial charge in [0.25, 0.3) is 11.8 Å². The number of halogens is 2. The molecule has 4 aromatic rings. The van der Waals surface area contributed by atoms with Crippen molar-refractivity contribution in [1.29, 1.82) is 0 Å². The summed E-state index contributed by atoms with van der Waals surface area (Å²) in [7, 11) is 1.28. The van der Waals surface area contributed by atoms with Crippen molar-refractivity contribution in [2.24, 2.45) is 0 Å². The number of anilines is 1. The van der Waals surface area contributed by atoms with Gasteiger partial charge in [0, 0.05) is 30.4 Å². The molecule has 2 aliphatic heterocycles. The van der Waals surface area contributed by atoms with Gasteiger partial charge in [-0.1, -0.05) is 6.07 Å². The Labute approximate surface area is 212 Å². The fourth-order valence-electron chi connectivity index (χ4n) is 4.72. The Balaban J connectivity index is 1.41. The molecule has 1 fully saturated rings. The second-order valence-corrected chi connectivity index (χ2v) is 8.88. The number of carbonyl (C=O) groups is 3. The number of carbonyl (C=O) groups excluding carboxylic acids is 3. The van der Waals surface area contributed by atoms with Gasteiger partial charge in [0.1, 0.15) is 22.8 Å². The van der Waals surface area contributed by atoms with E-state index in [2.05, 4.69) is 20.6 Å². The lowest BCUT2D eigenvalue weighted by Gasteiger charge is -2.28. The zero-order valence-electron chi connectivity index (χ0n) is 19.7. The van der Waals surface area contributed by atoms with Gasteiger partial charge in [0.05, 0.1) is 19.2 Å². The van der Waals surface area contributed by atoms with E-state index >= 15 is 0 Å². The number of furan rings is 1.